The van der Waals surface area contributed by atoms with Gasteiger partial charge in [-0.3, -0.25) is 4.79 Å². The van der Waals surface area contributed by atoms with Crippen molar-refractivity contribution in [2.24, 2.45) is 5.92 Å². The molecule has 0 bridgehead atoms. The summed E-state index contributed by atoms with van der Waals surface area (Å²) >= 11 is 0. The van der Waals surface area contributed by atoms with Crippen LogP contribution in [0.5, 0.6) is 5.75 Å². The van der Waals surface area contributed by atoms with E-state index in [2.05, 4.69) is 42.6 Å². The normalized spacial score (nSPS) is 22.2. The lowest BCUT2D eigenvalue weighted by Crippen LogP contribution is -2.52. The molecule has 2 aromatic carbocycles. The molecule has 1 aliphatic carbocycles. The fourth-order valence-electron chi connectivity index (χ4n) is 4.87. The summed E-state index contributed by atoms with van der Waals surface area (Å²) in [5.74, 6) is 0.656. The van der Waals surface area contributed by atoms with Gasteiger partial charge in [0.15, 0.2) is 6.10 Å². The number of esters is 1. The summed E-state index contributed by atoms with van der Waals surface area (Å²) in [7, 11) is 0. The van der Waals surface area contributed by atoms with Crippen molar-refractivity contribution < 1.29 is 19.0 Å². The molecule has 1 N–H and O–H groups in total. The van der Waals surface area contributed by atoms with Gasteiger partial charge in [0, 0.05) is 24.4 Å². The van der Waals surface area contributed by atoms with Crippen molar-refractivity contribution in [3.8, 4) is 5.75 Å². The third-order valence-electron chi connectivity index (χ3n) is 6.79. The van der Waals surface area contributed by atoms with Gasteiger partial charge >= 0.3 is 5.97 Å². The van der Waals surface area contributed by atoms with E-state index >= 15 is 0 Å². The SMILES string of the molecule is CCOC1c2cc(NCc3ccc(C)cc3)ccc2OC(C)(C)C1OC(=O)C1CCCCC1. The largest absolute Gasteiger partial charge is 0.483 e. The Morgan fingerprint density at radius 1 is 1.09 bits per heavy atom. The van der Waals surface area contributed by atoms with Gasteiger partial charge in [-0.1, -0.05) is 49.1 Å². The summed E-state index contributed by atoms with van der Waals surface area (Å²) < 4.78 is 18.7. The van der Waals surface area contributed by atoms with Crippen molar-refractivity contribution >= 4 is 11.7 Å². The van der Waals surface area contributed by atoms with E-state index in [1.165, 1.54) is 17.5 Å². The number of nitrogens with one attached hydrogen (secondary N) is 1. The van der Waals surface area contributed by atoms with Crippen LogP contribution >= 0.6 is 0 Å². The summed E-state index contributed by atoms with van der Waals surface area (Å²) in [6, 6.07) is 14.6. The Hall–Kier alpha value is -2.53. The Morgan fingerprint density at radius 3 is 2.52 bits per heavy atom. The van der Waals surface area contributed by atoms with Crippen molar-refractivity contribution in [2.75, 3.05) is 11.9 Å². The molecule has 5 nitrogen and oxygen atoms in total. The van der Waals surface area contributed by atoms with Crippen LogP contribution in [0.4, 0.5) is 5.69 Å². The molecule has 0 saturated heterocycles. The van der Waals surface area contributed by atoms with Gasteiger partial charge in [0.25, 0.3) is 0 Å². The molecule has 5 heteroatoms. The Morgan fingerprint density at radius 2 is 1.82 bits per heavy atom. The van der Waals surface area contributed by atoms with E-state index in [1.807, 2.05) is 32.9 Å². The molecule has 33 heavy (non-hydrogen) atoms. The van der Waals surface area contributed by atoms with Crippen LogP contribution in [0.3, 0.4) is 0 Å². The molecule has 178 valence electrons. The number of anilines is 1. The highest BCUT2D eigenvalue weighted by molar-refractivity contribution is 5.73. The van der Waals surface area contributed by atoms with Crippen LogP contribution in [0, 0.1) is 12.8 Å². The molecule has 1 heterocycles. The summed E-state index contributed by atoms with van der Waals surface area (Å²) in [5, 5.41) is 3.50. The molecule has 1 saturated carbocycles. The molecule has 0 aromatic heterocycles. The molecule has 1 fully saturated rings. The maximum Gasteiger partial charge on any atom is 0.309 e. The van der Waals surface area contributed by atoms with Gasteiger partial charge in [0.1, 0.15) is 17.5 Å². The second kappa shape index (κ2) is 10.2. The van der Waals surface area contributed by atoms with Gasteiger partial charge in [-0.15, -0.1) is 0 Å². The Kier molecular flexibility index (Phi) is 7.28. The third kappa shape index (κ3) is 5.52. The van der Waals surface area contributed by atoms with Crippen molar-refractivity contribution in [3.05, 3.63) is 59.2 Å². The zero-order chi connectivity index (χ0) is 23.4. The van der Waals surface area contributed by atoms with E-state index in [0.29, 0.717) is 6.61 Å². The molecule has 2 unspecified atom stereocenters. The molecule has 1 aliphatic heterocycles. The first-order valence-electron chi connectivity index (χ1n) is 12.3. The molecule has 2 atom stereocenters. The van der Waals surface area contributed by atoms with Crippen molar-refractivity contribution in [1.82, 2.24) is 0 Å². The fraction of sp³-hybridized carbons (Fsp3) is 0.536. The van der Waals surface area contributed by atoms with E-state index in [-0.39, 0.29) is 18.0 Å². The molecular formula is C28H37NO4. The van der Waals surface area contributed by atoms with Gasteiger partial charge in [0.2, 0.25) is 0 Å². The minimum atomic E-state index is -0.687. The number of carbonyl (C=O) groups excluding carboxylic acids is 1. The topological polar surface area (TPSA) is 56.8 Å². The monoisotopic (exact) mass is 451 g/mol. The molecule has 0 amide bonds. The number of fused-ring (bicyclic) bond motifs is 1. The molecular weight excluding hydrogens is 414 g/mol. The number of hydrogen-bond acceptors (Lipinski definition) is 5. The van der Waals surface area contributed by atoms with Gasteiger partial charge in [-0.05, 0) is 64.3 Å². The fourth-order valence-corrected chi connectivity index (χ4v) is 4.87. The predicted molar refractivity (Wildman–Crippen MR) is 130 cm³/mol. The second-order valence-corrected chi connectivity index (χ2v) is 9.87. The lowest BCUT2D eigenvalue weighted by molar-refractivity contribution is -0.188. The quantitative estimate of drug-likeness (QED) is 0.497. The first kappa shape index (κ1) is 23.6. The Bertz CT molecular complexity index is 947. The minimum Gasteiger partial charge on any atom is -0.483 e. The molecule has 4 rings (SSSR count). The third-order valence-corrected chi connectivity index (χ3v) is 6.79. The van der Waals surface area contributed by atoms with Crippen molar-refractivity contribution in [3.63, 3.8) is 0 Å². The van der Waals surface area contributed by atoms with E-state index in [9.17, 15) is 4.79 Å². The highest BCUT2D eigenvalue weighted by atomic mass is 16.6. The molecule has 2 aliphatic rings. The molecule has 2 aromatic rings. The average molecular weight is 452 g/mol. The van der Waals surface area contributed by atoms with Gasteiger partial charge in [0.05, 0.1) is 5.92 Å². The highest BCUT2D eigenvalue weighted by Gasteiger charge is 2.48. The van der Waals surface area contributed by atoms with Gasteiger partial charge in [-0.25, -0.2) is 0 Å². The maximum atomic E-state index is 13.0. The summed E-state index contributed by atoms with van der Waals surface area (Å²) in [6.07, 6.45) is 4.34. The first-order chi connectivity index (χ1) is 15.9. The zero-order valence-corrected chi connectivity index (χ0v) is 20.4. The van der Waals surface area contributed by atoms with Crippen LogP contribution in [0.25, 0.3) is 0 Å². The number of aryl methyl sites for hydroxylation is 1. The number of hydrogen-bond donors (Lipinski definition) is 1. The number of rotatable bonds is 7. The Balaban J connectivity index is 1.55. The standard InChI is InChI=1S/C28H37NO4/c1-5-31-25-23-17-22(29-18-20-13-11-19(2)12-14-20)15-16-24(23)33-28(3,4)26(25)32-27(30)21-9-7-6-8-10-21/h11-17,21,25-26,29H,5-10,18H2,1-4H3. The van der Waals surface area contributed by atoms with Crippen LogP contribution in [-0.2, 0) is 20.8 Å². The number of ether oxygens (including phenoxy) is 3. The molecule has 0 spiro atoms. The molecule has 0 radical (unpaired) electrons. The van der Waals surface area contributed by atoms with E-state index in [1.54, 1.807) is 0 Å². The van der Waals surface area contributed by atoms with E-state index in [0.717, 1.165) is 49.2 Å². The smallest absolute Gasteiger partial charge is 0.309 e. The van der Waals surface area contributed by atoms with E-state index in [4.69, 9.17) is 14.2 Å². The van der Waals surface area contributed by atoms with Gasteiger partial charge < -0.3 is 19.5 Å². The predicted octanol–water partition coefficient (Wildman–Crippen LogP) is 6.35. The Labute approximate surface area is 197 Å². The average Bonchev–Trinajstić information content (AvgIpc) is 2.81. The van der Waals surface area contributed by atoms with Crippen LogP contribution in [-0.4, -0.2) is 24.3 Å². The lowest BCUT2D eigenvalue weighted by Gasteiger charge is -2.44. The lowest BCUT2D eigenvalue weighted by atomic mass is 9.86. The minimum absolute atomic E-state index is 0.0132. The summed E-state index contributed by atoms with van der Waals surface area (Å²) in [4.78, 5) is 13.0. The zero-order valence-electron chi connectivity index (χ0n) is 20.4. The first-order valence-corrected chi connectivity index (χ1v) is 12.3. The van der Waals surface area contributed by atoms with Crippen LogP contribution in [0.2, 0.25) is 0 Å². The van der Waals surface area contributed by atoms with Crippen LogP contribution in [0.15, 0.2) is 42.5 Å². The summed E-state index contributed by atoms with van der Waals surface area (Å²) in [6.45, 7) is 9.27. The van der Waals surface area contributed by atoms with Crippen molar-refractivity contribution in [1.29, 1.82) is 0 Å². The number of benzene rings is 2. The number of carbonyl (C=O) groups is 1. The van der Waals surface area contributed by atoms with Gasteiger partial charge in [-0.2, -0.15) is 0 Å². The highest BCUT2D eigenvalue weighted by Crippen LogP contribution is 2.45. The maximum absolute atomic E-state index is 13.0. The van der Waals surface area contributed by atoms with Crippen LogP contribution in [0.1, 0.15) is 75.7 Å². The second-order valence-electron chi connectivity index (χ2n) is 9.87. The summed E-state index contributed by atoms with van der Waals surface area (Å²) in [5.41, 5.74) is 3.69. The van der Waals surface area contributed by atoms with E-state index < -0.39 is 11.7 Å². The van der Waals surface area contributed by atoms with Crippen LogP contribution < -0.4 is 10.1 Å². The van der Waals surface area contributed by atoms with Crippen molar-refractivity contribution in [2.45, 2.75) is 84.2 Å².